The average molecular weight is 428 g/mol. The maximum absolute atomic E-state index is 12.3. The van der Waals surface area contributed by atoms with Gasteiger partial charge in [0.25, 0.3) is 5.91 Å². The molecule has 4 nitrogen and oxygen atoms in total. The molecule has 0 saturated carbocycles. The highest BCUT2D eigenvalue weighted by atomic mass is 32.2. The molecule has 6 heteroatoms. The summed E-state index contributed by atoms with van der Waals surface area (Å²) in [4.78, 5) is 14.5. The zero-order valence-corrected chi connectivity index (χ0v) is 18.4. The third-order valence-corrected chi connectivity index (χ3v) is 5.90. The van der Waals surface area contributed by atoms with E-state index in [0.717, 1.165) is 29.9 Å². The second-order valence-electron chi connectivity index (χ2n) is 6.54. The van der Waals surface area contributed by atoms with Gasteiger partial charge >= 0.3 is 0 Å². The van der Waals surface area contributed by atoms with Crippen LogP contribution in [0.4, 0.5) is 0 Å². The molecule has 0 unspecified atom stereocenters. The SMILES string of the molecule is CCc1ccc(OCCCOc2ccc(/C=C3/SC(=S)N(CC)C3=O)cc2)cc1. The topological polar surface area (TPSA) is 38.8 Å². The summed E-state index contributed by atoms with van der Waals surface area (Å²) in [5.74, 6) is 1.67. The van der Waals surface area contributed by atoms with Gasteiger partial charge in [-0.25, -0.2) is 0 Å². The number of carbonyl (C=O) groups excluding carboxylic acids is 1. The minimum Gasteiger partial charge on any atom is -0.493 e. The Bertz CT molecular complexity index is 876. The molecule has 0 aliphatic carbocycles. The van der Waals surface area contributed by atoms with E-state index in [1.165, 1.54) is 17.3 Å². The highest BCUT2D eigenvalue weighted by Gasteiger charge is 2.30. The van der Waals surface area contributed by atoms with Crippen LogP contribution in [-0.4, -0.2) is 34.9 Å². The van der Waals surface area contributed by atoms with Gasteiger partial charge in [0.1, 0.15) is 15.8 Å². The van der Waals surface area contributed by atoms with Crippen molar-refractivity contribution in [2.75, 3.05) is 19.8 Å². The van der Waals surface area contributed by atoms with Gasteiger partial charge in [-0.2, -0.15) is 0 Å². The van der Waals surface area contributed by atoms with Crippen molar-refractivity contribution >= 4 is 40.3 Å². The van der Waals surface area contributed by atoms with E-state index < -0.39 is 0 Å². The summed E-state index contributed by atoms with van der Waals surface area (Å²) in [5, 5.41) is 0. The number of thiocarbonyl (C=S) groups is 1. The fourth-order valence-electron chi connectivity index (χ4n) is 2.84. The molecule has 152 valence electrons. The number of rotatable bonds is 9. The number of hydrogen-bond donors (Lipinski definition) is 0. The van der Waals surface area contributed by atoms with Crippen molar-refractivity contribution in [3.8, 4) is 11.5 Å². The second kappa shape index (κ2) is 10.5. The normalized spacial score (nSPS) is 15.2. The lowest BCUT2D eigenvalue weighted by atomic mass is 10.2. The molecule has 0 N–H and O–H groups in total. The maximum Gasteiger partial charge on any atom is 0.266 e. The summed E-state index contributed by atoms with van der Waals surface area (Å²) in [6.07, 6.45) is 3.71. The Labute approximate surface area is 181 Å². The van der Waals surface area contributed by atoms with Crippen LogP contribution in [0.15, 0.2) is 53.4 Å². The largest absolute Gasteiger partial charge is 0.493 e. The van der Waals surface area contributed by atoms with Gasteiger partial charge in [-0.15, -0.1) is 0 Å². The molecule has 1 saturated heterocycles. The summed E-state index contributed by atoms with van der Waals surface area (Å²) in [7, 11) is 0. The second-order valence-corrected chi connectivity index (χ2v) is 8.22. The van der Waals surface area contributed by atoms with Crippen LogP contribution < -0.4 is 9.47 Å². The smallest absolute Gasteiger partial charge is 0.266 e. The van der Waals surface area contributed by atoms with Gasteiger partial charge in [-0.05, 0) is 54.8 Å². The minimum atomic E-state index is -0.0211. The van der Waals surface area contributed by atoms with Gasteiger partial charge in [0, 0.05) is 13.0 Å². The van der Waals surface area contributed by atoms with Crippen LogP contribution >= 0.6 is 24.0 Å². The van der Waals surface area contributed by atoms with Crippen molar-refractivity contribution in [3.05, 3.63) is 64.6 Å². The summed E-state index contributed by atoms with van der Waals surface area (Å²) in [6.45, 7) is 5.86. The fourth-order valence-corrected chi connectivity index (χ4v) is 4.23. The van der Waals surface area contributed by atoms with E-state index in [4.69, 9.17) is 21.7 Å². The number of hydrogen-bond acceptors (Lipinski definition) is 5. The highest BCUT2D eigenvalue weighted by molar-refractivity contribution is 8.26. The van der Waals surface area contributed by atoms with E-state index in [1.54, 1.807) is 4.90 Å². The molecule has 0 bridgehead atoms. The number of thioether (sulfide) groups is 1. The number of benzene rings is 2. The molecule has 1 amide bonds. The predicted molar refractivity (Wildman–Crippen MR) is 123 cm³/mol. The van der Waals surface area contributed by atoms with Gasteiger partial charge in [0.15, 0.2) is 0 Å². The van der Waals surface area contributed by atoms with Crippen LogP contribution in [0.2, 0.25) is 0 Å². The van der Waals surface area contributed by atoms with Crippen molar-refractivity contribution in [3.63, 3.8) is 0 Å². The predicted octanol–water partition coefficient (Wildman–Crippen LogP) is 5.32. The third kappa shape index (κ3) is 5.84. The maximum atomic E-state index is 12.3. The van der Waals surface area contributed by atoms with Crippen LogP contribution in [0, 0.1) is 0 Å². The molecule has 1 aliphatic heterocycles. The fraction of sp³-hybridized carbons (Fsp3) is 0.304. The molecule has 2 aromatic carbocycles. The van der Waals surface area contributed by atoms with E-state index in [9.17, 15) is 4.79 Å². The van der Waals surface area contributed by atoms with Crippen LogP contribution in [0.5, 0.6) is 11.5 Å². The number of aryl methyl sites for hydroxylation is 1. The number of ether oxygens (including phenoxy) is 2. The van der Waals surface area contributed by atoms with E-state index >= 15 is 0 Å². The van der Waals surface area contributed by atoms with Crippen LogP contribution in [0.25, 0.3) is 6.08 Å². The Morgan fingerprint density at radius 1 is 0.966 bits per heavy atom. The van der Waals surface area contributed by atoms with Gasteiger partial charge in [0.05, 0.1) is 18.1 Å². The number of amides is 1. The van der Waals surface area contributed by atoms with Gasteiger partial charge in [0.2, 0.25) is 0 Å². The molecule has 0 aromatic heterocycles. The molecule has 29 heavy (non-hydrogen) atoms. The van der Waals surface area contributed by atoms with Crippen molar-refractivity contribution in [1.82, 2.24) is 4.90 Å². The van der Waals surface area contributed by atoms with E-state index in [2.05, 4.69) is 19.1 Å². The molecular weight excluding hydrogens is 402 g/mol. The number of nitrogens with zero attached hydrogens (tertiary/aromatic N) is 1. The van der Waals surface area contributed by atoms with Gasteiger partial charge in [-0.1, -0.05) is 55.2 Å². The first kappa shape index (κ1) is 21.4. The Morgan fingerprint density at radius 2 is 1.55 bits per heavy atom. The standard InChI is InChI=1S/C23H25NO3S2/c1-3-17-6-10-19(11-7-17)26-14-5-15-27-20-12-8-18(9-13-20)16-21-22(25)24(4-2)23(28)29-21/h6-13,16H,3-5,14-15H2,1-2H3/b21-16+. The molecule has 2 aromatic rings. The lowest BCUT2D eigenvalue weighted by Gasteiger charge is -2.09. The molecule has 0 radical (unpaired) electrons. The molecule has 0 spiro atoms. The van der Waals surface area contributed by atoms with Crippen molar-refractivity contribution in [2.24, 2.45) is 0 Å². The lowest BCUT2D eigenvalue weighted by molar-refractivity contribution is -0.121. The van der Waals surface area contributed by atoms with Crippen LogP contribution in [0.1, 0.15) is 31.4 Å². The van der Waals surface area contributed by atoms with Crippen LogP contribution in [-0.2, 0) is 11.2 Å². The van der Waals surface area contributed by atoms with E-state index in [0.29, 0.717) is 29.0 Å². The first-order chi connectivity index (χ1) is 14.1. The third-order valence-electron chi connectivity index (χ3n) is 4.53. The lowest BCUT2D eigenvalue weighted by Crippen LogP contribution is -2.27. The zero-order valence-electron chi connectivity index (χ0n) is 16.7. The molecule has 3 rings (SSSR count). The minimum absolute atomic E-state index is 0.0211. The number of carbonyl (C=O) groups is 1. The average Bonchev–Trinajstić information content (AvgIpc) is 3.01. The zero-order chi connectivity index (χ0) is 20.6. The Morgan fingerprint density at radius 3 is 2.07 bits per heavy atom. The molecule has 1 aliphatic rings. The quantitative estimate of drug-likeness (QED) is 0.308. The highest BCUT2D eigenvalue weighted by Crippen LogP contribution is 2.32. The summed E-state index contributed by atoms with van der Waals surface area (Å²) in [5.41, 5.74) is 2.26. The summed E-state index contributed by atoms with van der Waals surface area (Å²) >= 11 is 6.59. The first-order valence-corrected chi connectivity index (χ1v) is 11.0. The number of likely N-dealkylation sites (N-methyl/N-ethyl adjacent to an activating group) is 1. The Kier molecular flexibility index (Phi) is 7.72. The summed E-state index contributed by atoms with van der Waals surface area (Å²) < 4.78 is 12.1. The molecule has 1 fully saturated rings. The molecular formula is C23H25NO3S2. The van der Waals surface area contributed by atoms with Crippen molar-refractivity contribution in [1.29, 1.82) is 0 Å². The molecule has 1 heterocycles. The molecule has 0 atom stereocenters. The monoisotopic (exact) mass is 427 g/mol. The Balaban J connectivity index is 1.43. The van der Waals surface area contributed by atoms with Crippen molar-refractivity contribution in [2.45, 2.75) is 26.7 Å². The first-order valence-electron chi connectivity index (χ1n) is 9.80. The van der Waals surface area contributed by atoms with Gasteiger partial charge < -0.3 is 9.47 Å². The van der Waals surface area contributed by atoms with Crippen LogP contribution in [0.3, 0.4) is 0 Å². The Hall–Kier alpha value is -2.31. The van der Waals surface area contributed by atoms with E-state index in [1.807, 2.05) is 49.4 Å². The van der Waals surface area contributed by atoms with E-state index in [-0.39, 0.29) is 5.91 Å². The summed E-state index contributed by atoms with van der Waals surface area (Å²) in [6, 6.07) is 15.9. The van der Waals surface area contributed by atoms with Gasteiger partial charge in [-0.3, -0.25) is 9.69 Å². The van der Waals surface area contributed by atoms with Crippen molar-refractivity contribution < 1.29 is 14.3 Å².